The Morgan fingerprint density at radius 1 is 1.03 bits per heavy atom. The second kappa shape index (κ2) is 11.2. The van der Waals surface area contributed by atoms with E-state index in [2.05, 4.69) is 35.1 Å². The first-order chi connectivity index (χ1) is 14.2. The molecule has 0 radical (unpaired) electrons. The first-order valence-corrected chi connectivity index (χ1v) is 11.0. The predicted molar refractivity (Wildman–Crippen MR) is 123 cm³/mol. The lowest BCUT2D eigenvalue weighted by Gasteiger charge is -2.29. The Morgan fingerprint density at radius 2 is 1.70 bits per heavy atom. The van der Waals surface area contributed by atoms with Gasteiger partial charge in [0, 0.05) is 17.1 Å². The normalized spacial score (nSPS) is 12.0. The lowest BCUT2D eigenvalue weighted by molar-refractivity contribution is -0.142. The van der Waals surface area contributed by atoms with Gasteiger partial charge < -0.3 is 15.0 Å². The summed E-state index contributed by atoms with van der Waals surface area (Å²) in [5.74, 6) is 0.639. The first-order valence-electron chi connectivity index (χ1n) is 10.2. The molecule has 0 heterocycles. The summed E-state index contributed by atoms with van der Waals surface area (Å²) in [5, 5.41) is 2.88. The van der Waals surface area contributed by atoms with Gasteiger partial charge in [-0.2, -0.15) is 0 Å². The van der Waals surface area contributed by atoms with E-state index in [1.807, 2.05) is 62.4 Å². The van der Waals surface area contributed by atoms with Crippen LogP contribution >= 0.6 is 15.9 Å². The van der Waals surface area contributed by atoms with Crippen molar-refractivity contribution in [2.24, 2.45) is 0 Å². The molecule has 0 aliphatic rings. The Bertz CT molecular complexity index is 850. The Hall–Kier alpha value is -2.34. The number of carbonyl (C=O) groups is 2. The number of hydrogen-bond acceptors (Lipinski definition) is 3. The van der Waals surface area contributed by atoms with Gasteiger partial charge in [-0.3, -0.25) is 9.59 Å². The van der Waals surface area contributed by atoms with Crippen LogP contribution in [-0.4, -0.2) is 35.4 Å². The van der Waals surface area contributed by atoms with Gasteiger partial charge in [-0.05, 0) is 62.1 Å². The highest BCUT2D eigenvalue weighted by Gasteiger charge is 2.27. The number of carbonyl (C=O) groups excluding carboxylic acids is 2. The summed E-state index contributed by atoms with van der Waals surface area (Å²) in [6.45, 7) is 9.98. The Balaban J connectivity index is 2.13. The lowest BCUT2D eigenvalue weighted by atomic mass is 10.0. The van der Waals surface area contributed by atoms with Crippen molar-refractivity contribution in [1.29, 1.82) is 0 Å². The number of ether oxygens (including phenoxy) is 1. The number of benzene rings is 2. The SMILES string of the molecule is CC(C)NC(=O)[C@H](C)N(Cc1cccc(Br)c1)C(=O)COc1ccc(C(C)C)cc1. The van der Waals surface area contributed by atoms with Gasteiger partial charge in [0.1, 0.15) is 11.8 Å². The largest absolute Gasteiger partial charge is 0.484 e. The van der Waals surface area contributed by atoms with Gasteiger partial charge in [0.2, 0.25) is 5.91 Å². The minimum absolute atomic E-state index is 0.00139. The van der Waals surface area contributed by atoms with Gasteiger partial charge >= 0.3 is 0 Å². The number of amides is 2. The standard InChI is InChI=1S/C24H31BrN2O3/c1-16(2)20-9-11-22(12-10-20)30-15-23(28)27(18(5)24(29)26-17(3)4)14-19-7-6-8-21(25)13-19/h6-13,16-18H,14-15H2,1-5H3,(H,26,29)/t18-/m0/s1. The molecule has 0 spiro atoms. The fourth-order valence-electron chi connectivity index (χ4n) is 3.00. The van der Waals surface area contributed by atoms with E-state index >= 15 is 0 Å². The van der Waals surface area contributed by atoms with Crippen LogP contribution in [0.2, 0.25) is 0 Å². The predicted octanol–water partition coefficient (Wildman–Crippen LogP) is 4.89. The van der Waals surface area contributed by atoms with E-state index in [9.17, 15) is 9.59 Å². The van der Waals surface area contributed by atoms with Crippen LogP contribution < -0.4 is 10.1 Å². The Labute approximate surface area is 187 Å². The van der Waals surface area contributed by atoms with E-state index in [0.717, 1.165) is 10.0 Å². The summed E-state index contributed by atoms with van der Waals surface area (Å²) in [5.41, 5.74) is 2.15. The van der Waals surface area contributed by atoms with E-state index in [-0.39, 0.29) is 24.5 Å². The van der Waals surface area contributed by atoms with Crippen LogP contribution in [-0.2, 0) is 16.1 Å². The maximum Gasteiger partial charge on any atom is 0.261 e. The molecule has 2 aromatic rings. The van der Waals surface area contributed by atoms with Crippen LogP contribution in [0.3, 0.4) is 0 Å². The van der Waals surface area contributed by atoms with E-state index in [1.54, 1.807) is 11.8 Å². The minimum Gasteiger partial charge on any atom is -0.484 e. The molecule has 0 saturated carbocycles. The molecule has 0 aliphatic heterocycles. The number of nitrogens with zero attached hydrogens (tertiary/aromatic N) is 1. The average molecular weight is 475 g/mol. The van der Waals surface area contributed by atoms with Gasteiger partial charge in [0.25, 0.3) is 5.91 Å². The molecule has 2 aromatic carbocycles. The number of hydrogen-bond donors (Lipinski definition) is 1. The van der Waals surface area contributed by atoms with Gasteiger partial charge in [-0.25, -0.2) is 0 Å². The molecule has 1 atom stereocenters. The quantitative estimate of drug-likeness (QED) is 0.562. The van der Waals surface area contributed by atoms with E-state index < -0.39 is 6.04 Å². The molecule has 2 amide bonds. The molecule has 6 heteroatoms. The van der Waals surface area contributed by atoms with Crippen LogP contribution in [0.25, 0.3) is 0 Å². The molecule has 2 rings (SSSR count). The number of nitrogens with one attached hydrogen (secondary N) is 1. The molecule has 162 valence electrons. The van der Waals surface area contributed by atoms with Crippen molar-refractivity contribution in [3.63, 3.8) is 0 Å². The van der Waals surface area contributed by atoms with Gasteiger partial charge in [-0.15, -0.1) is 0 Å². The topological polar surface area (TPSA) is 58.6 Å². The lowest BCUT2D eigenvalue weighted by Crippen LogP contribution is -2.50. The van der Waals surface area contributed by atoms with E-state index in [0.29, 0.717) is 18.2 Å². The average Bonchev–Trinajstić information content (AvgIpc) is 2.69. The molecular weight excluding hydrogens is 444 g/mol. The van der Waals surface area contributed by atoms with Crippen molar-refractivity contribution < 1.29 is 14.3 Å². The zero-order valence-electron chi connectivity index (χ0n) is 18.3. The molecule has 0 fully saturated rings. The van der Waals surface area contributed by atoms with Crippen molar-refractivity contribution >= 4 is 27.7 Å². The number of halogens is 1. The Morgan fingerprint density at radius 3 is 2.27 bits per heavy atom. The van der Waals surface area contributed by atoms with Crippen molar-refractivity contribution in [3.8, 4) is 5.75 Å². The molecule has 30 heavy (non-hydrogen) atoms. The molecule has 0 aliphatic carbocycles. The van der Waals surface area contributed by atoms with Crippen LogP contribution in [0.15, 0.2) is 53.0 Å². The molecule has 0 aromatic heterocycles. The molecule has 1 N–H and O–H groups in total. The van der Waals surface area contributed by atoms with E-state index in [1.165, 1.54) is 5.56 Å². The fourth-order valence-corrected chi connectivity index (χ4v) is 3.44. The van der Waals surface area contributed by atoms with Gasteiger partial charge in [-0.1, -0.05) is 54.0 Å². The van der Waals surface area contributed by atoms with Crippen molar-refractivity contribution in [3.05, 3.63) is 64.1 Å². The van der Waals surface area contributed by atoms with Crippen LogP contribution in [0, 0.1) is 0 Å². The molecule has 0 bridgehead atoms. The highest BCUT2D eigenvalue weighted by Crippen LogP contribution is 2.19. The summed E-state index contributed by atoms with van der Waals surface area (Å²) in [7, 11) is 0. The molecule has 0 saturated heterocycles. The summed E-state index contributed by atoms with van der Waals surface area (Å²) in [6, 6.07) is 14.8. The monoisotopic (exact) mass is 474 g/mol. The highest BCUT2D eigenvalue weighted by molar-refractivity contribution is 9.10. The third-order valence-electron chi connectivity index (χ3n) is 4.75. The summed E-state index contributed by atoms with van der Waals surface area (Å²) in [6.07, 6.45) is 0. The first kappa shape index (κ1) is 23.9. The maximum atomic E-state index is 13.0. The van der Waals surface area contributed by atoms with Crippen LogP contribution in [0.5, 0.6) is 5.75 Å². The molecule has 0 unspecified atom stereocenters. The highest BCUT2D eigenvalue weighted by atomic mass is 79.9. The Kier molecular flexibility index (Phi) is 8.90. The summed E-state index contributed by atoms with van der Waals surface area (Å²) in [4.78, 5) is 27.2. The van der Waals surface area contributed by atoms with Crippen LogP contribution in [0.4, 0.5) is 0 Å². The van der Waals surface area contributed by atoms with Crippen molar-refractivity contribution in [1.82, 2.24) is 10.2 Å². The zero-order chi connectivity index (χ0) is 22.3. The molecular formula is C24H31BrN2O3. The van der Waals surface area contributed by atoms with Crippen molar-refractivity contribution in [2.75, 3.05) is 6.61 Å². The van der Waals surface area contributed by atoms with Crippen molar-refractivity contribution in [2.45, 2.75) is 59.2 Å². The summed E-state index contributed by atoms with van der Waals surface area (Å²) >= 11 is 3.46. The zero-order valence-corrected chi connectivity index (χ0v) is 19.9. The van der Waals surface area contributed by atoms with E-state index in [4.69, 9.17) is 4.74 Å². The second-order valence-corrected chi connectivity index (χ2v) is 8.92. The minimum atomic E-state index is -0.620. The van der Waals surface area contributed by atoms with Gasteiger partial charge in [0.15, 0.2) is 6.61 Å². The second-order valence-electron chi connectivity index (χ2n) is 8.00. The van der Waals surface area contributed by atoms with Crippen LogP contribution in [0.1, 0.15) is 51.7 Å². The fraction of sp³-hybridized carbons (Fsp3) is 0.417. The number of rotatable bonds is 9. The molecule has 5 nitrogen and oxygen atoms in total. The maximum absolute atomic E-state index is 13.0. The third kappa shape index (κ3) is 7.17. The smallest absolute Gasteiger partial charge is 0.261 e. The third-order valence-corrected chi connectivity index (χ3v) is 5.24. The van der Waals surface area contributed by atoms with Gasteiger partial charge in [0.05, 0.1) is 0 Å². The summed E-state index contributed by atoms with van der Waals surface area (Å²) < 4.78 is 6.65.